The minimum Gasteiger partial charge on any atom is -0.313 e. The molecule has 0 aromatic heterocycles. The van der Waals surface area contributed by atoms with Gasteiger partial charge in [-0.1, -0.05) is 44.2 Å². The molecule has 20 heavy (non-hydrogen) atoms. The molecule has 1 aliphatic rings. The van der Waals surface area contributed by atoms with Crippen molar-refractivity contribution in [1.29, 1.82) is 0 Å². The fourth-order valence-electron chi connectivity index (χ4n) is 3.39. The third-order valence-electron chi connectivity index (χ3n) is 4.26. The van der Waals surface area contributed by atoms with Crippen LogP contribution in [0.3, 0.4) is 0 Å². The van der Waals surface area contributed by atoms with Gasteiger partial charge in [0.1, 0.15) is 0 Å². The fourth-order valence-corrected chi connectivity index (χ4v) is 3.39. The third kappa shape index (κ3) is 4.29. The Balaban J connectivity index is 1.85. The first-order valence-electron chi connectivity index (χ1n) is 7.76. The van der Waals surface area contributed by atoms with E-state index in [0.29, 0.717) is 24.3 Å². The highest BCUT2D eigenvalue weighted by molar-refractivity contribution is 5.14. The first kappa shape index (κ1) is 15.5. The summed E-state index contributed by atoms with van der Waals surface area (Å²) in [6, 6.07) is 11.2. The predicted octanol–water partition coefficient (Wildman–Crippen LogP) is 3.09. The van der Waals surface area contributed by atoms with Crippen molar-refractivity contribution in [3.05, 3.63) is 35.9 Å². The molecule has 2 rings (SSSR count). The SMILES string of the molecule is CC1CN(Cc2ccccc2)CC(C)C1NCCCF. The molecule has 0 aliphatic carbocycles. The largest absolute Gasteiger partial charge is 0.313 e. The second kappa shape index (κ2) is 7.75. The maximum atomic E-state index is 12.2. The van der Waals surface area contributed by atoms with Gasteiger partial charge < -0.3 is 5.32 Å². The Bertz CT molecular complexity index is 370. The average molecular weight is 278 g/mol. The summed E-state index contributed by atoms with van der Waals surface area (Å²) in [5.74, 6) is 1.23. The summed E-state index contributed by atoms with van der Waals surface area (Å²) < 4.78 is 12.2. The van der Waals surface area contributed by atoms with Gasteiger partial charge in [-0.15, -0.1) is 0 Å². The second-order valence-electron chi connectivity index (χ2n) is 6.16. The minimum atomic E-state index is -0.220. The Labute approximate surface area is 122 Å². The van der Waals surface area contributed by atoms with Crippen LogP contribution in [0, 0.1) is 11.8 Å². The highest BCUT2D eigenvalue weighted by atomic mass is 19.1. The molecule has 1 aromatic rings. The van der Waals surface area contributed by atoms with Crippen LogP contribution in [0.4, 0.5) is 4.39 Å². The van der Waals surface area contributed by atoms with E-state index in [4.69, 9.17) is 0 Å². The lowest BCUT2D eigenvalue weighted by Gasteiger charge is -2.42. The van der Waals surface area contributed by atoms with Gasteiger partial charge in [0.15, 0.2) is 0 Å². The van der Waals surface area contributed by atoms with E-state index in [0.717, 1.165) is 26.2 Å². The third-order valence-corrected chi connectivity index (χ3v) is 4.26. The van der Waals surface area contributed by atoms with Gasteiger partial charge in [-0.3, -0.25) is 9.29 Å². The van der Waals surface area contributed by atoms with Crippen molar-refractivity contribution >= 4 is 0 Å². The molecule has 1 aliphatic heterocycles. The Morgan fingerprint density at radius 1 is 1.15 bits per heavy atom. The molecule has 0 radical (unpaired) electrons. The van der Waals surface area contributed by atoms with Crippen LogP contribution in [0.1, 0.15) is 25.8 Å². The van der Waals surface area contributed by atoms with Gasteiger partial charge in [-0.2, -0.15) is 0 Å². The fraction of sp³-hybridized carbons (Fsp3) is 0.647. The molecule has 2 atom stereocenters. The van der Waals surface area contributed by atoms with Gasteiger partial charge >= 0.3 is 0 Å². The van der Waals surface area contributed by atoms with Gasteiger partial charge in [-0.25, -0.2) is 0 Å². The van der Waals surface area contributed by atoms with Crippen molar-refractivity contribution in [1.82, 2.24) is 10.2 Å². The Hall–Kier alpha value is -0.930. The zero-order valence-corrected chi connectivity index (χ0v) is 12.7. The van der Waals surface area contributed by atoms with E-state index in [1.165, 1.54) is 5.56 Å². The number of piperidine rings is 1. The van der Waals surface area contributed by atoms with Crippen molar-refractivity contribution in [3.63, 3.8) is 0 Å². The molecule has 2 nitrogen and oxygen atoms in total. The summed E-state index contributed by atoms with van der Waals surface area (Å²) in [4.78, 5) is 2.54. The van der Waals surface area contributed by atoms with Crippen LogP contribution in [-0.4, -0.2) is 37.3 Å². The summed E-state index contributed by atoms with van der Waals surface area (Å²) in [6.45, 7) is 8.46. The lowest BCUT2D eigenvalue weighted by Crippen LogP contribution is -2.53. The average Bonchev–Trinajstić information content (AvgIpc) is 2.43. The number of benzene rings is 1. The van der Waals surface area contributed by atoms with E-state index in [-0.39, 0.29) is 6.67 Å². The number of rotatable bonds is 6. The maximum absolute atomic E-state index is 12.2. The lowest BCUT2D eigenvalue weighted by molar-refractivity contribution is 0.0945. The molecule has 0 amide bonds. The van der Waals surface area contributed by atoms with Crippen LogP contribution in [0.15, 0.2) is 30.3 Å². The number of hydrogen-bond donors (Lipinski definition) is 1. The molecule has 0 bridgehead atoms. The molecule has 2 unspecified atom stereocenters. The Kier molecular flexibility index (Phi) is 5.99. The van der Waals surface area contributed by atoms with E-state index in [1.807, 2.05) is 0 Å². The van der Waals surface area contributed by atoms with Crippen molar-refractivity contribution in [2.75, 3.05) is 26.3 Å². The van der Waals surface area contributed by atoms with Gasteiger partial charge in [0.05, 0.1) is 6.67 Å². The minimum absolute atomic E-state index is 0.220. The Morgan fingerprint density at radius 2 is 1.80 bits per heavy atom. The van der Waals surface area contributed by atoms with E-state index in [1.54, 1.807) is 0 Å². The first-order chi connectivity index (χ1) is 9.70. The maximum Gasteiger partial charge on any atom is 0.0906 e. The molecule has 0 spiro atoms. The van der Waals surface area contributed by atoms with E-state index >= 15 is 0 Å². The van der Waals surface area contributed by atoms with Crippen LogP contribution < -0.4 is 5.32 Å². The topological polar surface area (TPSA) is 15.3 Å². The van der Waals surface area contributed by atoms with Crippen molar-refractivity contribution in [2.24, 2.45) is 11.8 Å². The van der Waals surface area contributed by atoms with Crippen LogP contribution >= 0.6 is 0 Å². The molecule has 3 heteroatoms. The molecular weight excluding hydrogens is 251 g/mol. The first-order valence-corrected chi connectivity index (χ1v) is 7.76. The molecule has 1 heterocycles. The predicted molar refractivity (Wildman–Crippen MR) is 82.4 cm³/mol. The molecule has 112 valence electrons. The van der Waals surface area contributed by atoms with Gasteiger partial charge in [0.2, 0.25) is 0 Å². The summed E-state index contributed by atoms with van der Waals surface area (Å²) in [5.41, 5.74) is 1.38. The summed E-state index contributed by atoms with van der Waals surface area (Å²) in [5, 5.41) is 3.54. The number of alkyl halides is 1. The van der Waals surface area contributed by atoms with Crippen LogP contribution in [0.25, 0.3) is 0 Å². The second-order valence-corrected chi connectivity index (χ2v) is 6.16. The quantitative estimate of drug-likeness (QED) is 0.804. The summed E-state index contributed by atoms with van der Waals surface area (Å²) in [7, 11) is 0. The summed E-state index contributed by atoms with van der Waals surface area (Å²) >= 11 is 0. The van der Waals surface area contributed by atoms with Gasteiger partial charge in [-0.05, 0) is 30.4 Å². The highest BCUT2D eigenvalue weighted by Gasteiger charge is 2.31. The zero-order valence-electron chi connectivity index (χ0n) is 12.7. The van der Waals surface area contributed by atoms with E-state index in [9.17, 15) is 4.39 Å². The van der Waals surface area contributed by atoms with Crippen molar-refractivity contribution in [2.45, 2.75) is 32.9 Å². The van der Waals surface area contributed by atoms with E-state index < -0.39 is 0 Å². The van der Waals surface area contributed by atoms with Crippen molar-refractivity contribution in [3.8, 4) is 0 Å². The zero-order chi connectivity index (χ0) is 14.4. The van der Waals surface area contributed by atoms with Gasteiger partial charge in [0.25, 0.3) is 0 Å². The molecule has 0 saturated carbocycles. The van der Waals surface area contributed by atoms with Crippen LogP contribution in [0.2, 0.25) is 0 Å². The van der Waals surface area contributed by atoms with Crippen LogP contribution in [-0.2, 0) is 6.54 Å². The number of halogens is 1. The number of nitrogens with one attached hydrogen (secondary N) is 1. The number of hydrogen-bond acceptors (Lipinski definition) is 2. The molecule has 1 saturated heterocycles. The highest BCUT2D eigenvalue weighted by Crippen LogP contribution is 2.23. The Morgan fingerprint density at radius 3 is 2.40 bits per heavy atom. The standard InChI is InChI=1S/C17H27FN2/c1-14-11-20(13-16-7-4-3-5-8-16)12-15(2)17(14)19-10-6-9-18/h3-5,7-8,14-15,17,19H,6,9-13H2,1-2H3. The monoisotopic (exact) mass is 278 g/mol. The lowest BCUT2D eigenvalue weighted by atomic mass is 9.85. The molecule has 1 fully saturated rings. The normalized spacial score (nSPS) is 27.6. The van der Waals surface area contributed by atoms with Gasteiger partial charge in [0, 0.05) is 25.7 Å². The number of likely N-dealkylation sites (tertiary alicyclic amines) is 1. The van der Waals surface area contributed by atoms with Crippen LogP contribution in [0.5, 0.6) is 0 Å². The van der Waals surface area contributed by atoms with Crippen molar-refractivity contribution < 1.29 is 4.39 Å². The summed E-state index contributed by atoms with van der Waals surface area (Å²) in [6.07, 6.45) is 0.629. The number of nitrogens with zero attached hydrogens (tertiary/aromatic N) is 1. The molecular formula is C17H27FN2. The smallest absolute Gasteiger partial charge is 0.0906 e. The molecule has 1 aromatic carbocycles. The molecule has 1 N–H and O–H groups in total. The van der Waals surface area contributed by atoms with E-state index in [2.05, 4.69) is 54.4 Å².